The van der Waals surface area contributed by atoms with E-state index < -0.39 is 23.2 Å². The lowest BCUT2D eigenvalue weighted by Gasteiger charge is -2.33. The second-order valence-corrected chi connectivity index (χ2v) is 11.2. The Morgan fingerprint density at radius 1 is 1.02 bits per heavy atom. The number of aromatic nitrogens is 4. The molecule has 224 valence electrons. The zero-order chi connectivity index (χ0) is 30.5. The van der Waals surface area contributed by atoms with Crippen molar-refractivity contribution < 1.29 is 27.5 Å². The summed E-state index contributed by atoms with van der Waals surface area (Å²) in [5, 5.41) is 2.99. The quantitative estimate of drug-likeness (QED) is 0.379. The summed E-state index contributed by atoms with van der Waals surface area (Å²) in [6.45, 7) is 6.72. The maximum atomic E-state index is 13.7. The first-order chi connectivity index (χ1) is 19.8. The highest BCUT2D eigenvalue weighted by molar-refractivity contribution is 5.76. The average Bonchev–Trinajstić information content (AvgIpc) is 2.91. The normalized spacial score (nSPS) is 14.5. The molecule has 0 spiro atoms. The summed E-state index contributed by atoms with van der Waals surface area (Å²) in [5.74, 6) is -0.294. The number of piperidine rings is 1. The van der Waals surface area contributed by atoms with Gasteiger partial charge in [0.05, 0.1) is 17.7 Å². The van der Waals surface area contributed by atoms with Gasteiger partial charge in [0.1, 0.15) is 11.9 Å². The van der Waals surface area contributed by atoms with Crippen molar-refractivity contribution in [1.82, 2.24) is 24.8 Å². The van der Waals surface area contributed by atoms with E-state index in [0.717, 1.165) is 24.6 Å². The fourth-order valence-corrected chi connectivity index (χ4v) is 4.78. The molecule has 3 aromatic rings. The van der Waals surface area contributed by atoms with E-state index in [9.17, 15) is 22.8 Å². The molecule has 42 heavy (non-hydrogen) atoms. The van der Waals surface area contributed by atoms with Crippen molar-refractivity contribution >= 4 is 23.6 Å². The third-order valence-electron chi connectivity index (χ3n) is 6.80. The second kappa shape index (κ2) is 12.7. The molecule has 2 aromatic heterocycles. The molecule has 1 fully saturated rings. The van der Waals surface area contributed by atoms with Crippen LogP contribution in [0.15, 0.2) is 43.0 Å². The topological polar surface area (TPSA) is 136 Å². The fraction of sp³-hybridized carbons (Fsp3) is 0.448. The number of aryl methyl sites for hydroxylation is 2. The number of rotatable bonds is 8. The average molecular weight is 586 g/mol. The second-order valence-electron chi connectivity index (χ2n) is 11.2. The van der Waals surface area contributed by atoms with Crippen LogP contribution in [-0.2, 0) is 35.0 Å². The molecule has 10 nitrogen and oxygen atoms in total. The molecule has 0 bridgehead atoms. The zero-order valence-corrected chi connectivity index (χ0v) is 23.7. The first-order valence-corrected chi connectivity index (χ1v) is 13.6. The number of carbonyl (C=O) groups excluding carboxylic acids is 2. The lowest BCUT2D eigenvalue weighted by Crippen LogP contribution is -2.41. The number of nitrogens with one attached hydrogen (secondary N) is 1. The third-order valence-corrected chi connectivity index (χ3v) is 6.80. The van der Waals surface area contributed by atoms with Gasteiger partial charge < -0.3 is 20.7 Å². The maximum absolute atomic E-state index is 13.7. The van der Waals surface area contributed by atoms with Crippen LogP contribution in [0, 0.1) is 0 Å². The number of benzene rings is 1. The zero-order valence-electron chi connectivity index (χ0n) is 23.7. The molecule has 1 aliphatic heterocycles. The van der Waals surface area contributed by atoms with Crippen LogP contribution in [0.1, 0.15) is 67.6 Å². The molecular formula is C29H34F3N7O3. The van der Waals surface area contributed by atoms with E-state index in [1.807, 2.05) is 45.0 Å². The SMILES string of the molecule is CC(C)(C)OC(=O)N1CCC(c2ccc(Nc3ncc(C(F)(F)F)c(CCc4ncncc4CC(N)=O)n3)cc2)CC1. The van der Waals surface area contributed by atoms with Crippen LogP contribution in [-0.4, -0.2) is 55.5 Å². The van der Waals surface area contributed by atoms with Crippen molar-refractivity contribution in [3.05, 3.63) is 71.1 Å². The highest BCUT2D eigenvalue weighted by atomic mass is 19.4. The number of ether oxygens (including phenoxy) is 1. The Kier molecular flexibility index (Phi) is 9.27. The fourth-order valence-electron chi connectivity index (χ4n) is 4.78. The number of amides is 2. The number of anilines is 2. The van der Waals surface area contributed by atoms with Gasteiger partial charge in [0.15, 0.2) is 0 Å². The highest BCUT2D eigenvalue weighted by Crippen LogP contribution is 2.33. The van der Waals surface area contributed by atoms with Crippen molar-refractivity contribution in [3.8, 4) is 0 Å². The van der Waals surface area contributed by atoms with Gasteiger partial charge in [-0.1, -0.05) is 12.1 Å². The molecule has 0 atom stereocenters. The van der Waals surface area contributed by atoms with Crippen LogP contribution in [0.2, 0.25) is 0 Å². The minimum Gasteiger partial charge on any atom is -0.444 e. The minimum absolute atomic E-state index is 0.0245. The van der Waals surface area contributed by atoms with Gasteiger partial charge in [-0.05, 0) is 70.1 Å². The summed E-state index contributed by atoms with van der Waals surface area (Å²) in [5.41, 5.74) is 6.21. The Balaban J connectivity index is 1.42. The number of halogens is 3. The van der Waals surface area contributed by atoms with Gasteiger partial charge in [0, 0.05) is 42.4 Å². The van der Waals surface area contributed by atoms with Crippen molar-refractivity contribution in [2.24, 2.45) is 5.73 Å². The molecule has 1 aliphatic rings. The third kappa shape index (κ3) is 8.37. The van der Waals surface area contributed by atoms with E-state index >= 15 is 0 Å². The van der Waals surface area contributed by atoms with Gasteiger partial charge in [-0.3, -0.25) is 4.79 Å². The van der Waals surface area contributed by atoms with Crippen LogP contribution < -0.4 is 11.1 Å². The molecule has 1 saturated heterocycles. The predicted molar refractivity (Wildman–Crippen MR) is 149 cm³/mol. The lowest BCUT2D eigenvalue weighted by molar-refractivity contribution is -0.138. The van der Waals surface area contributed by atoms with E-state index in [0.29, 0.717) is 30.0 Å². The van der Waals surface area contributed by atoms with E-state index in [4.69, 9.17) is 10.5 Å². The number of nitrogens with two attached hydrogens (primary N) is 1. The number of carbonyl (C=O) groups is 2. The number of nitrogens with zero attached hydrogens (tertiary/aromatic N) is 5. The maximum Gasteiger partial charge on any atom is 0.419 e. The van der Waals surface area contributed by atoms with Gasteiger partial charge >= 0.3 is 12.3 Å². The molecule has 2 amide bonds. The predicted octanol–water partition coefficient (Wildman–Crippen LogP) is 4.96. The molecule has 4 rings (SSSR count). The first-order valence-electron chi connectivity index (χ1n) is 13.6. The Hall–Kier alpha value is -4.29. The molecule has 13 heteroatoms. The van der Waals surface area contributed by atoms with Crippen molar-refractivity contribution in [1.29, 1.82) is 0 Å². The van der Waals surface area contributed by atoms with E-state index in [2.05, 4.69) is 25.3 Å². The molecule has 1 aromatic carbocycles. The van der Waals surface area contributed by atoms with Crippen molar-refractivity contribution in [3.63, 3.8) is 0 Å². The van der Waals surface area contributed by atoms with Crippen LogP contribution in [0.25, 0.3) is 0 Å². The van der Waals surface area contributed by atoms with Crippen LogP contribution >= 0.6 is 0 Å². The highest BCUT2D eigenvalue weighted by Gasteiger charge is 2.35. The number of hydrogen-bond acceptors (Lipinski definition) is 8. The Morgan fingerprint density at radius 2 is 1.69 bits per heavy atom. The van der Waals surface area contributed by atoms with Gasteiger partial charge in [-0.25, -0.2) is 24.7 Å². The summed E-state index contributed by atoms with van der Waals surface area (Å²) in [7, 11) is 0. The Bertz CT molecular complexity index is 1400. The van der Waals surface area contributed by atoms with Crippen LogP contribution in [0.3, 0.4) is 0 Å². The summed E-state index contributed by atoms with van der Waals surface area (Å²) in [6.07, 6.45) is 0.0111. The van der Waals surface area contributed by atoms with Crippen molar-refractivity contribution in [2.45, 2.75) is 70.6 Å². The molecule has 0 aliphatic carbocycles. The van der Waals surface area contributed by atoms with Gasteiger partial charge in [-0.15, -0.1) is 0 Å². The summed E-state index contributed by atoms with van der Waals surface area (Å²) < 4.78 is 46.7. The lowest BCUT2D eigenvalue weighted by atomic mass is 9.89. The van der Waals surface area contributed by atoms with Gasteiger partial charge in [0.25, 0.3) is 0 Å². The van der Waals surface area contributed by atoms with Gasteiger partial charge in [0.2, 0.25) is 11.9 Å². The Morgan fingerprint density at radius 3 is 2.31 bits per heavy atom. The number of likely N-dealkylation sites (tertiary alicyclic amines) is 1. The summed E-state index contributed by atoms with van der Waals surface area (Å²) in [6, 6.07) is 7.56. The van der Waals surface area contributed by atoms with Crippen LogP contribution in [0.5, 0.6) is 0 Å². The van der Waals surface area contributed by atoms with Crippen LogP contribution in [0.4, 0.5) is 29.6 Å². The van der Waals surface area contributed by atoms with Crippen molar-refractivity contribution in [2.75, 3.05) is 18.4 Å². The molecule has 0 saturated carbocycles. The Labute approximate surface area is 241 Å². The molecule has 3 N–H and O–H groups in total. The molecular weight excluding hydrogens is 551 g/mol. The van der Waals surface area contributed by atoms with E-state index in [1.165, 1.54) is 12.5 Å². The molecule has 0 radical (unpaired) electrons. The molecule has 3 heterocycles. The minimum atomic E-state index is -4.64. The summed E-state index contributed by atoms with van der Waals surface area (Å²) >= 11 is 0. The smallest absolute Gasteiger partial charge is 0.419 e. The monoisotopic (exact) mass is 585 g/mol. The summed E-state index contributed by atoms with van der Waals surface area (Å²) in [4.78, 5) is 41.5. The van der Waals surface area contributed by atoms with E-state index in [1.54, 1.807) is 4.90 Å². The molecule has 0 unspecified atom stereocenters. The number of hydrogen-bond donors (Lipinski definition) is 2. The number of primary amides is 1. The first kappa shape index (κ1) is 30.7. The standard InChI is InChI=1S/C29H34F3N7O3/c1-28(2,3)42-27(41)39-12-10-19(11-13-39)18-4-6-21(7-5-18)37-26-35-16-22(29(30,31)32)24(38-26)9-8-23-20(14-25(33)40)15-34-17-36-23/h4-7,15-17,19H,8-14H2,1-3H3,(H2,33,40)(H,35,37,38). The van der Waals surface area contributed by atoms with Gasteiger partial charge in [-0.2, -0.15) is 13.2 Å². The van der Waals surface area contributed by atoms with E-state index in [-0.39, 0.29) is 42.9 Å². The largest absolute Gasteiger partial charge is 0.444 e. The number of alkyl halides is 3.